The smallest absolute Gasteiger partial charge is 0.137 e. The van der Waals surface area contributed by atoms with Crippen LogP contribution in [0.1, 0.15) is 47.7 Å². The molecule has 1 unspecified atom stereocenters. The molecule has 1 aliphatic rings. The molecule has 126 valence electrons. The summed E-state index contributed by atoms with van der Waals surface area (Å²) in [4.78, 5) is 1.64. The van der Waals surface area contributed by atoms with E-state index in [2.05, 4.69) is 22.0 Å². The van der Waals surface area contributed by atoms with Gasteiger partial charge in [-0.3, -0.25) is 0 Å². The molecule has 0 bridgehead atoms. The highest BCUT2D eigenvalue weighted by atomic mass is 79.9. The molecule has 2 aromatic rings. The highest BCUT2D eigenvalue weighted by molar-refractivity contribution is 9.10. The zero-order chi connectivity index (χ0) is 17.6. The van der Waals surface area contributed by atoms with Gasteiger partial charge in [0.2, 0.25) is 0 Å². The Morgan fingerprint density at radius 2 is 2.12 bits per heavy atom. The number of fused-ring (bicyclic) bond motifs is 1. The van der Waals surface area contributed by atoms with Crippen molar-refractivity contribution >= 4 is 38.6 Å². The third-order valence-corrected chi connectivity index (χ3v) is 7.54. The van der Waals surface area contributed by atoms with Crippen molar-refractivity contribution in [3.63, 3.8) is 0 Å². The van der Waals surface area contributed by atoms with Crippen molar-refractivity contribution in [2.24, 2.45) is 0 Å². The molecule has 2 atom stereocenters. The molecule has 3 rings (SSSR count). The molecule has 0 saturated heterocycles. The van der Waals surface area contributed by atoms with Crippen LogP contribution in [0.5, 0.6) is 0 Å². The molecule has 2 heterocycles. The predicted molar refractivity (Wildman–Crippen MR) is 98.4 cm³/mol. The fraction of sp³-hybridized carbons (Fsp3) is 0.353. The molecule has 0 spiro atoms. The van der Waals surface area contributed by atoms with Gasteiger partial charge in [-0.2, -0.15) is 5.26 Å². The van der Waals surface area contributed by atoms with E-state index in [4.69, 9.17) is 0 Å². The molecule has 7 heteroatoms. The van der Waals surface area contributed by atoms with E-state index in [0.717, 1.165) is 16.0 Å². The van der Waals surface area contributed by atoms with Crippen LogP contribution in [0.15, 0.2) is 28.7 Å². The summed E-state index contributed by atoms with van der Waals surface area (Å²) in [6, 6.07) is 8.56. The third-order valence-electron chi connectivity index (χ3n) is 3.85. The lowest BCUT2D eigenvalue weighted by Gasteiger charge is -2.34. The minimum atomic E-state index is -1.26. The SMILES string of the molecule is CC(C)(C)[S+]([O-])N1Cc2sc(C#N)cc2[C@@H]1c1cccc(F)c1Br. The maximum Gasteiger partial charge on any atom is 0.137 e. The predicted octanol–water partition coefficient (Wildman–Crippen LogP) is 4.89. The standard InChI is InChI=1S/C17H16BrFN2OS2/c1-17(2,3)24(22)21-9-14-12(7-10(8-20)23-14)16(21)11-5-4-6-13(19)15(11)18/h4-7,16H,9H2,1-3H3/t16-,24?/m0/s1. The molecule has 0 amide bonds. The topological polar surface area (TPSA) is 50.1 Å². The van der Waals surface area contributed by atoms with Crippen molar-refractivity contribution in [2.75, 3.05) is 0 Å². The Hall–Kier alpha value is -0.910. The fourth-order valence-electron chi connectivity index (χ4n) is 2.80. The number of halogens is 2. The number of nitriles is 1. The van der Waals surface area contributed by atoms with Gasteiger partial charge in [-0.25, -0.2) is 4.39 Å². The summed E-state index contributed by atoms with van der Waals surface area (Å²) in [5.74, 6) is -0.349. The monoisotopic (exact) mass is 426 g/mol. The third kappa shape index (κ3) is 3.02. The van der Waals surface area contributed by atoms with Gasteiger partial charge >= 0.3 is 0 Å². The first-order valence-corrected chi connectivity index (χ1v) is 10.1. The molecular weight excluding hydrogens is 411 g/mol. The Morgan fingerprint density at radius 3 is 2.75 bits per heavy atom. The average Bonchev–Trinajstić information content (AvgIpc) is 3.05. The van der Waals surface area contributed by atoms with Crippen LogP contribution in [0.3, 0.4) is 0 Å². The first-order chi connectivity index (χ1) is 11.2. The number of benzene rings is 1. The molecule has 0 fully saturated rings. The van der Waals surface area contributed by atoms with Crippen molar-refractivity contribution < 1.29 is 8.94 Å². The summed E-state index contributed by atoms with van der Waals surface area (Å²) in [7, 11) is 0. The van der Waals surface area contributed by atoms with Crippen molar-refractivity contribution in [3.8, 4) is 6.07 Å². The van der Waals surface area contributed by atoms with Gasteiger partial charge in [0.25, 0.3) is 0 Å². The van der Waals surface area contributed by atoms with Gasteiger partial charge in [0.1, 0.15) is 27.6 Å². The van der Waals surface area contributed by atoms with E-state index in [1.165, 1.54) is 17.4 Å². The van der Waals surface area contributed by atoms with Gasteiger partial charge in [-0.15, -0.1) is 15.6 Å². The lowest BCUT2D eigenvalue weighted by Crippen LogP contribution is -2.42. The second-order valence-corrected chi connectivity index (χ2v) is 10.7. The van der Waals surface area contributed by atoms with Crippen LogP contribution in [0, 0.1) is 17.1 Å². The van der Waals surface area contributed by atoms with Crippen LogP contribution in [0.2, 0.25) is 0 Å². The van der Waals surface area contributed by atoms with Crippen LogP contribution >= 0.6 is 27.3 Å². The van der Waals surface area contributed by atoms with E-state index in [0.29, 0.717) is 15.9 Å². The zero-order valence-corrected chi connectivity index (χ0v) is 16.7. The molecule has 1 aromatic heterocycles. The molecule has 0 aliphatic carbocycles. The fourth-order valence-corrected chi connectivity index (χ4v) is 5.72. The van der Waals surface area contributed by atoms with E-state index in [9.17, 15) is 14.2 Å². The van der Waals surface area contributed by atoms with Crippen molar-refractivity contribution in [3.05, 3.63) is 55.4 Å². The van der Waals surface area contributed by atoms with Gasteiger partial charge < -0.3 is 4.55 Å². The van der Waals surface area contributed by atoms with E-state index in [-0.39, 0.29) is 11.9 Å². The summed E-state index contributed by atoms with van der Waals surface area (Å²) >= 11 is 3.49. The number of hydrogen-bond acceptors (Lipinski definition) is 4. The molecule has 24 heavy (non-hydrogen) atoms. The summed E-state index contributed by atoms with van der Waals surface area (Å²) in [5, 5.41) is 9.17. The van der Waals surface area contributed by atoms with Gasteiger partial charge in [-0.05, 0) is 60.0 Å². The van der Waals surface area contributed by atoms with Crippen LogP contribution in [0.25, 0.3) is 0 Å². The minimum Gasteiger partial charge on any atom is -0.597 e. The van der Waals surface area contributed by atoms with Crippen molar-refractivity contribution in [1.82, 2.24) is 4.31 Å². The Kier molecular flexibility index (Phi) is 4.80. The van der Waals surface area contributed by atoms with E-state index >= 15 is 0 Å². The Labute approximate surface area is 156 Å². The molecular formula is C17H16BrFN2OS2. The van der Waals surface area contributed by atoms with Crippen LogP contribution in [0.4, 0.5) is 4.39 Å². The maximum atomic E-state index is 14.1. The minimum absolute atomic E-state index is 0.330. The molecule has 0 radical (unpaired) electrons. The lowest BCUT2D eigenvalue weighted by molar-refractivity contribution is 0.370. The second kappa shape index (κ2) is 6.43. The van der Waals surface area contributed by atoms with Gasteiger partial charge in [0, 0.05) is 16.2 Å². The molecule has 3 nitrogen and oxygen atoms in total. The quantitative estimate of drug-likeness (QED) is 0.642. The maximum absolute atomic E-state index is 14.1. The summed E-state index contributed by atoms with van der Waals surface area (Å²) < 4.78 is 28.9. The van der Waals surface area contributed by atoms with Crippen LogP contribution in [-0.4, -0.2) is 13.6 Å². The largest absolute Gasteiger partial charge is 0.597 e. The van der Waals surface area contributed by atoms with Gasteiger partial charge in [0.15, 0.2) is 0 Å². The van der Waals surface area contributed by atoms with Crippen LogP contribution in [-0.2, 0) is 17.9 Å². The number of thiophene rings is 1. The Balaban J connectivity index is 2.14. The number of nitrogens with zero attached hydrogens (tertiary/aromatic N) is 2. The Morgan fingerprint density at radius 1 is 1.42 bits per heavy atom. The molecule has 1 aromatic carbocycles. The zero-order valence-electron chi connectivity index (χ0n) is 13.5. The van der Waals surface area contributed by atoms with E-state index in [1.54, 1.807) is 6.07 Å². The second-order valence-electron chi connectivity index (χ2n) is 6.58. The van der Waals surface area contributed by atoms with Crippen molar-refractivity contribution in [1.29, 1.82) is 5.26 Å². The summed E-state index contributed by atoms with van der Waals surface area (Å²) in [6.45, 7) is 6.27. The molecule has 1 aliphatic heterocycles. The van der Waals surface area contributed by atoms with Gasteiger partial charge in [0.05, 0.1) is 11.0 Å². The summed E-state index contributed by atoms with van der Waals surface area (Å²) in [6.07, 6.45) is 0. The molecule has 0 saturated carbocycles. The van der Waals surface area contributed by atoms with E-state index < -0.39 is 16.1 Å². The highest BCUT2D eigenvalue weighted by Crippen LogP contribution is 2.47. The first kappa shape index (κ1) is 17.9. The van der Waals surface area contributed by atoms with Crippen molar-refractivity contribution in [2.45, 2.75) is 38.1 Å². The lowest BCUT2D eigenvalue weighted by atomic mass is 10.0. The normalized spacial score (nSPS) is 19.1. The average molecular weight is 427 g/mol. The highest BCUT2D eigenvalue weighted by Gasteiger charge is 2.45. The molecule has 0 N–H and O–H groups in total. The Bertz CT molecular complexity index is 825. The van der Waals surface area contributed by atoms with Gasteiger partial charge in [-0.1, -0.05) is 12.1 Å². The number of hydrogen-bond donors (Lipinski definition) is 0. The number of rotatable bonds is 2. The first-order valence-electron chi connectivity index (χ1n) is 7.39. The summed E-state index contributed by atoms with van der Waals surface area (Å²) in [5.41, 5.74) is 1.68. The van der Waals surface area contributed by atoms with Crippen LogP contribution < -0.4 is 0 Å². The van der Waals surface area contributed by atoms with E-state index in [1.807, 2.05) is 37.2 Å².